The average molecular weight is 385 g/mol. The van der Waals surface area contributed by atoms with Crippen LogP contribution in [0, 0.1) is 10.1 Å². The van der Waals surface area contributed by atoms with E-state index in [1.165, 1.54) is 31.2 Å². The van der Waals surface area contributed by atoms with Crippen LogP contribution in [0.1, 0.15) is 22.8 Å². The predicted molar refractivity (Wildman–Crippen MR) is 101 cm³/mol. The number of nitro groups is 1. The number of non-ortho nitro benzene ring substituents is 1. The van der Waals surface area contributed by atoms with Crippen molar-refractivity contribution in [1.82, 2.24) is 5.32 Å². The summed E-state index contributed by atoms with van der Waals surface area (Å²) in [6.45, 7) is 1.43. The van der Waals surface area contributed by atoms with Crippen LogP contribution in [0.5, 0.6) is 5.75 Å². The second-order valence-electron chi connectivity index (χ2n) is 5.74. The van der Waals surface area contributed by atoms with Crippen LogP contribution in [0.25, 0.3) is 0 Å². The minimum absolute atomic E-state index is 0.0154. The molecule has 0 aliphatic rings. The summed E-state index contributed by atoms with van der Waals surface area (Å²) >= 11 is 0. The molecule has 0 aliphatic heterocycles. The van der Waals surface area contributed by atoms with Crippen molar-refractivity contribution in [2.24, 2.45) is 5.73 Å². The molecule has 146 valence electrons. The van der Waals surface area contributed by atoms with E-state index >= 15 is 0 Å². The summed E-state index contributed by atoms with van der Waals surface area (Å²) in [5, 5.41) is 13.0. The molecule has 3 N–H and O–H groups in total. The third-order valence-electron chi connectivity index (χ3n) is 3.72. The zero-order chi connectivity index (χ0) is 20.7. The number of amides is 1. The molecule has 0 fully saturated rings. The largest absolute Gasteiger partial charge is 0.497 e. The lowest BCUT2D eigenvalue weighted by Crippen LogP contribution is -2.30. The maximum atomic E-state index is 12.6. The number of nitrogens with zero attached hydrogens (tertiary/aromatic N) is 1. The van der Waals surface area contributed by atoms with Crippen LogP contribution in [0.4, 0.5) is 10.5 Å². The van der Waals surface area contributed by atoms with Crippen molar-refractivity contribution in [3.05, 3.63) is 81.2 Å². The lowest BCUT2D eigenvalue weighted by Gasteiger charge is -2.12. The van der Waals surface area contributed by atoms with Crippen molar-refractivity contribution >= 4 is 17.6 Å². The Kier molecular flexibility index (Phi) is 6.69. The third-order valence-corrected chi connectivity index (χ3v) is 3.72. The summed E-state index contributed by atoms with van der Waals surface area (Å²) in [6, 6.07) is 11.9. The second kappa shape index (κ2) is 9.17. The molecule has 28 heavy (non-hydrogen) atoms. The maximum absolute atomic E-state index is 12.6. The summed E-state index contributed by atoms with van der Waals surface area (Å²) < 4.78 is 10.1. The number of Topliss-reactive ketones (excluding diaryl/α,β-unsaturated/α-hetero) is 1. The van der Waals surface area contributed by atoms with Gasteiger partial charge in [-0.25, -0.2) is 4.79 Å². The van der Waals surface area contributed by atoms with Crippen LogP contribution in [0.2, 0.25) is 0 Å². The van der Waals surface area contributed by atoms with E-state index < -0.39 is 16.8 Å². The lowest BCUT2D eigenvalue weighted by molar-refractivity contribution is -0.384. The van der Waals surface area contributed by atoms with Crippen LogP contribution >= 0.6 is 0 Å². The minimum atomic E-state index is -0.856. The Labute approximate surface area is 160 Å². The number of rotatable bonds is 7. The minimum Gasteiger partial charge on any atom is -0.497 e. The number of ether oxygens (including phenoxy) is 2. The first kappa shape index (κ1) is 20.4. The molecule has 2 aromatic carbocycles. The molecule has 2 aromatic rings. The topological polar surface area (TPSA) is 134 Å². The van der Waals surface area contributed by atoms with Gasteiger partial charge < -0.3 is 15.2 Å². The SMILES string of the molecule is COc1ccc(COC(=O)NC(C(=O)c2ccc([N+](=O)[O-])cc2)=C(C)N)cc1. The van der Waals surface area contributed by atoms with Gasteiger partial charge in [0.05, 0.1) is 12.0 Å². The molecule has 0 aliphatic carbocycles. The van der Waals surface area contributed by atoms with Crippen molar-refractivity contribution in [2.45, 2.75) is 13.5 Å². The van der Waals surface area contributed by atoms with Gasteiger partial charge in [-0.15, -0.1) is 0 Å². The van der Waals surface area contributed by atoms with Gasteiger partial charge in [-0.1, -0.05) is 12.1 Å². The van der Waals surface area contributed by atoms with Gasteiger partial charge in [-0.3, -0.25) is 20.2 Å². The van der Waals surface area contributed by atoms with Crippen LogP contribution < -0.4 is 15.8 Å². The van der Waals surface area contributed by atoms with E-state index in [2.05, 4.69) is 5.32 Å². The van der Waals surface area contributed by atoms with Gasteiger partial charge in [0.15, 0.2) is 0 Å². The number of nitro benzene ring substituents is 1. The fraction of sp³-hybridized carbons (Fsp3) is 0.158. The molecular weight excluding hydrogens is 366 g/mol. The highest BCUT2D eigenvalue weighted by Gasteiger charge is 2.19. The van der Waals surface area contributed by atoms with E-state index in [1.807, 2.05) is 0 Å². The first-order valence-electron chi connectivity index (χ1n) is 8.14. The van der Waals surface area contributed by atoms with Crippen molar-refractivity contribution < 1.29 is 24.0 Å². The summed E-state index contributed by atoms with van der Waals surface area (Å²) in [7, 11) is 1.55. The Morgan fingerprint density at radius 3 is 2.21 bits per heavy atom. The summed E-state index contributed by atoms with van der Waals surface area (Å²) in [6.07, 6.45) is -0.856. The highest BCUT2D eigenvalue weighted by Crippen LogP contribution is 2.15. The van der Waals surface area contributed by atoms with E-state index in [0.717, 1.165) is 5.56 Å². The van der Waals surface area contributed by atoms with Gasteiger partial charge in [0.25, 0.3) is 5.69 Å². The van der Waals surface area contributed by atoms with Crippen LogP contribution in [0.3, 0.4) is 0 Å². The van der Waals surface area contributed by atoms with Crippen LogP contribution in [-0.4, -0.2) is 23.9 Å². The fourth-order valence-electron chi connectivity index (χ4n) is 2.22. The first-order valence-corrected chi connectivity index (χ1v) is 8.14. The molecule has 2 rings (SSSR count). The molecule has 0 saturated heterocycles. The number of benzene rings is 2. The monoisotopic (exact) mass is 385 g/mol. The van der Waals surface area contributed by atoms with Gasteiger partial charge in [-0.05, 0) is 36.8 Å². The quantitative estimate of drug-likeness (QED) is 0.324. The number of carbonyl (C=O) groups excluding carboxylic acids is 2. The standard InChI is InChI=1S/C19H19N3O6/c1-12(20)17(18(23)14-5-7-15(8-6-14)22(25)26)21-19(24)28-11-13-3-9-16(27-2)10-4-13/h3-10H,11,20H2,1-2H3,(H,21,24). The smallest absolute Gasteiger partial charge is 0.412 e. The number of nitrogens with two attached hydrogens (primary N) is 1. The van der Waals surface area contributed by atoms with Crippen molar-refractivity contribution in [3.63, 3.8) is 0 Å². The van der Waals surface area contributed by atoms with E-state index in [1.54, 1.807) is 31.4 Å². The molecule has 0 heterocycles. The first-order chi connectivity index (χ1) is 13.3. The van der Waals surface area contributed by atoms with Gasteiger partial charge in [0.2, 0.25) is 5.78 Å². The molecule has 0 atom stereocenters. The highest BCUT2D eigenvalue weighted by atomic mass is 16.6. The number of methoxy groups -OCH3 is 1. The normalized spacial score (nSPS) is 11.2. The Morgan fingerprint density at radius 2 is 1.71 bits per heavy atom. The number of ketones is 1. The molecule has 9 nitrogen and oxygen atoms in total. The Hall–Kier alpha value is -3.88. The van der Waals surface area contributed by atoms with Crippen molar-refractivity contribution in [1.29, 1.82) is 0 Å². The number of carbonyl (C=O) groups is 2. The summed E-state index contributed by atoms with van der Waals surface area (Å²) in [5.41, 5.74) is 6.34. The molecule has 9 heteroatoms. The molecule has 0 saturated carbocycles. The number of nitrogens with one attached hydrogen (secondary N) is 1. The van der Waals surface area contributed by atoms with E-state index in [4.69, 9.17) is 15.2 Å². The van der Waals surface area contributed by atoms with Crippen LogP contribution in [0.15, 0.2) is 59.9 Å². The number of alkyl carbamates (subject to hydrolysis) is 1. The Morgan fingerprint density at radius 1 is 1.11 bits per heavy atom. The predicted octanol–water partition coefficient (Wildman–Crippen LogP) is 2.90. The average Bonchev–Trinajstić information content (AvgIpc) is 2.70. The Balaban J connectivity index is 2.03. The van der Waals surface area contributed by atoms with Crippen LogP contribution in [-0.2, 0) is 11.3 Å². The van der Waals surface area contributed by atoms with E-state index in [9.17, 15) is 19.7 Å². The Bertz CT molecular complexity index is 900. The van der Waals surface area contributed by atoms with E-state index in [-0.39, 0.29) is 29.3 Å². The number of hydrogen-bond donors (Lipinski definition) is 2. The van der Waals surface area contributed by atoms with Crippen molar-refractivity contribution in [2.75, 3.05) is 7.11 Å². The highest BCUT2D eigenvalue weighted by molar-refractivity contribution is 6.10. The van der Waals surface area contributed by atoms with Gasteiger partial charge in [0.1, 0.15) is 18.1 Å². The number of allylic oxidation sites excluding steroid dienone is 2. The molecule has 0 radical (unpaired) electrons. The maximum Gasteiger partial charge on any atom is 0.412 e. The summed E-state index contributed by atoms with van der Waals surface area (Å²) in [5.74, 6) is 0.0853. The lowest BCUT2D eigenvalue weighted by atomic mass is 10.1. The molecule has 0 aromatic heterocycles. The third kappa shape index (κ3) is 5.31. The van der Waals surface area contributed by atoms with Gasteiger partial charge >= 0.3 is 6.09 Å². The van der Waals surface area contributed by atoms with E-state index in [0.29, 0.717) is 5.75 Å². The fourth-order valence-corrected chi connectivity index (χ4v) is 2.22. The van der Waals surface area contributed by atoms with Crippen molar-refractivity contribution in [3.8, 4) is 5.75 Å². The molecule has 1 amide bonds. The zero-order valence-electron chi connectivity index (χ0n) is 15.3. The molecule has 0 unspecified atom stereocenters. The summed E-state index contributed by atoms with van der Waals surface area (Å²) in [4.78, 5) is 34.7. The van der Waals surface area contributed by atoms with Gasteiger partial charge in [0, 0.05) is 23.4 Å². The van der Waals surface area contributed by atoms with Gasteiger partial charge in [-0.2, -0.15) is 0 Å². The molecular formula is C19H19N3O6. The second-order valence-corrected chi connectivity index (χ2v) is 5.74. The molecule has 0 bridgehead atoms. The number of hydrogen-bond acceptors (Lipinski definition) is 7. The molecule has 0 spiro atoms. The zero-order valence-corrected chi connectivity index (χ0v) is 15.3.